The van der Waals surface area contributed by atoms with E-state index in [0.29, 0.717) is 40.7 Å². The number of ether oxygens (including phenoxy) is 1. The highest BCUT2D eigenvalue weighted by molar-refractivity contribution is 7.46. The van der Waals surface area contributed by atoms with Gasteiger partial charge in [-0.2, -0.15) is 0 Å². The summed E-state index contributed by atoms with van der Waals surface area (Å²) in [4.78, 5) is 30.9. The molecular formula is C25H26NO8P. The summed E-state index contributed by atoms with van der Waals surface area (Å²) in [6.45, 7) is -0.644. The maximum Gasteiger partial charge on any atom is 0.469 e. The molecule has 0 amide bonds. The molecule has 3 aromatic carbocycles. The smallest absolute Gasteiger partial charge is 0.469 e. The van der Waals surface area contributed by atoms with Gasteiger partial charge in [-0.05, 0) is 54.3 Å². The van der Waals surface area contributed by atoms with Crippen LogP contribution in [0.1, 0.15) is 17.5 Å². The number of rotatable bonds is 10. The van der Waals surface area contributed by atoms with Gasteiger partial charge in [0.1, 0.15) is 23.5 Å². The molecule has 0 saturated heterocycles. The van der Waals surface area contributed by atoms with Crippen molar-refractivity contribution in [3.05, 3.63) is 88.1 Å². The Morgan fingerprint density at radius 2 is 1.71 bits per heavy atom. The number of phosphoric acid groups is 1. The maximum atomic E-state index is 13.1. The minimum atomic E-state index is -4.71. The van der Waals surface area contributed by atoms with Crippen molar-refractivity contribution in [1.82, 2.24) is 0 Å². The minimum Gasteiger partial charge on any atom is -0.489 e. The van der Waals surface area contributed by atoms with E-state index < -0.39 is 26.6 Å². The van der Waals surface area contributed by atoms with Crippen molar-refractivity contribution in [3.63, 3.8) is 0 Å². The second kappa shape index (κ2) is 10.3. The number of hydrogen-bond acceptors (Lipinski definition) is 7. The van der Waals surface area contributed by atoms with E-state index in [1.807, 2.05) is 30.3 Å². The van der Waals surface area contributed by atoms with Crippen LogP contribution in [0.2, 0.25) is 0 Å². The molecule has 4 aromatic rings. The molecule has 1 heterocycles. The van der Waals surface area contributed by atoms with Crippen molar-refractivity contribution in [2.45, 2.75) is 25.0 Å². The van der Waals surface area contributed by atoms with Crippen LogP contribution in [-0.4, -0.2) is 33.6 Å². The molecule has 1 unspecified atom stereocenters. The molecule has 0 bridgehead atoms. The summed E-state index contributed by atoms with van der Waals surface area (Å²) in [6.07, 6.45) is 0.556. The van der Waals surface area contributed by atoms with Crippen LogP contribution in [0, 0.1) is 0 Å². The summed E-state index contributed by atoms with van der Waals surface area (Å²) in [5, 5.41) is 10.4. The lowest BCUT2D eigenvalue weighted by Gasteiger charge is -2.27. The van der Waals surface area contributed by atoms with Crippen LogP contribution in [0.4, 0.5) is 0 Å². The molecule has 1 aromatic heterocycles. The Bertz CT molecular complexity index is 1430. The molecule has 0 fully saturated rings. The molecular weight excluding hydrogens is 473 g/mol. The van der Waals surface area contributed by atoms with E-state index in [4.69, 9.17) is 24.7 Å². The Morgan fingerprint density at radius 1 is 0.943 bits per heavy atom. The van der Waals surface area contributed by atoms with Crippen LogP contribution in [0.25, 0.3) is 21.9 Å². The van der Waals surface area contributed by atoms with Gasteiger partial charge in [0.05, 0.1) is 29.5 Å². The highest BCUT2D eigenvalue weighted by atomic mass is 31.2. The Hall–Kier alpha value is -3.04. The zero-order valence-corrected chi connectivity index (χ0v) is 19.7. The van der Waals surface area contributed by atoms with E-state index >= 15 is 0 Å². The van der Waals surface area contributed by atoms with Crippen LogP contribution < -0.4 is 15.9 Å². The van der Waals surface area contributed by atoms with Crippen molar-refractivity contribution in [2.75, 3.05) is 13.2 Å². The number of nitrogens with two attached hydrogens (primary N) is 1. The Balaban J connectivity index is 1.53. The van der Waals surface area contributed by atoms with Crippen molar-refractivity contribution in [3.8, 4) is 5.75 Å². The lowest BCUT2D eigenvalue weighted by Crippen LogP contribution is -2.48. The lowest BCUT2D eigenvalue weighted by molar-refractivity contribution is 0.102. The standard InChI is InChI=1S/C25H26NO8P/c26-25(15-27,16-33-35(29,30)31)11-10-17-6-8-20-23(12-17)34-22-9-7-19(13-21(22)24(20)28)32-14-18-4-2-1-3-5-18/h1-9,12-13,27H,10-11,14-16,26H2,(H2,29,30,31). The van der Waals surface area contributed by atoms with Gasteiger partial charge < -0.3 is 29.8 Å². The fraction of sp³-hybridized carbons (Fsp3) is 0.240. The predicted octanol–water partition coefficient (Wildman–Crippen LogP) is 3.26. The molecule has 0 radical (unpaired) electrons. The molecule has 1 atom stereocenters. The average molecular weight is 499 g/mol. The molecule has 0 aliphatic carbocycles. The van der Waals surface area contributed by atoms with Gasteiger partial charge in [-0.25, -0.2) is 4.57 Å². The second-order valence-corrected chi connectivity index (χ2v) is 9.72. The molecule has 184 valence electrons. The molecule has 0 aliphatic heterocycles. The van der Waals surface area contributed by atoms with Crippen molar-refractivity contribution < 1.29 is 33.1 Å². The first-order chi connectivity index (χ1) is 16.7. The molecule has 10 heteroatoms. The summed E-state index contributed by atoms with van der Waals surface area (Å²) in [6, 6.07) is 20.0. The SMILES string of the molecule is NC(CO)(CCc1ccc2c(=O)c3cc(OCc4ccccc4)ccc3oc2c1)COP(=O)(O)O. The topological polar surface area (TPSA) is 152 Å². The van der Waals surface area contributed by atoms with Gasteiger partial charge >= 0.3 is 7.82 Å². The van der Waals surface area contributed by atoms with Crippen molar-refractivity contribution >= 4 is 29.8 Å². The van der Waals surface area contributed by atoms with Gasteiger partial charge in [-0.3, -0.25) is 9.32 Å². The zero-order chi connectivity index (χ0) is 25.1. The van der Waals surface area contributed by atoms with E-state index in [0.717, 1.165) is 11.1 Å². The number of fused-ring (bicyclic) bond motifs is 2. The monoisotopic (exact) mass is 499 g/mol. The van der Waals surface area contributed by atoms with Crippen molar-refractivity contribution in [1.29, 1.82) is 0 Å². The summed E-state index contributed by atoms with van der Waals surface area (Å²) < 4.78 is 27.2. The first-order valence-corrected chi connectivity index (χ1v) is 12.4. The van der Waals surface area contributed by atoms with Gasteiger partial charge in [0.15, 0.2) is 0 Å². The van der Waals surface area contributed by atoms with E-state index in [-0.39, 0.29) is 11.8 Å². The Kier molecular flexibility index (Phi) is 7.37. The molecule has 4 rings (SSSR count). The number of benzene rings is 3. The molecule has 5 N–H and O–H groups in total. The third kappa shape index (κ3) is 6.35. The van der Waals surface area contributed by atoms with E-state index in [1.54, 1.807) is 36.4 Å². The van der Waals surface area contributed by atoms with E-state index in [1.165, 1.54) is 0 Å². The van der Waals surface area contributed by atoms with E-state index in [2.05, 4.69) is 4.52 Å². The average Bonchev–Trinajstić information content (AvgIpc) is 2.85. The molecule has 0 saturated carbocycles. The Morgan fingerprint density at radius 3 is 2.43 bits per heavy atom. The fourth-order valence-corrected chi connectivity index (χ4v) is 4.09. The summed E-state index contributed by atoms with van der Waals surface area (Å²) in [5.74, 6) is 0.561. The molecule has 35 heavy (non-hydrogen) atoms. The van der Waals surface area contributed by atoms with Gasteiger partial charge in [0.2, 0.25) is 5.43 Å². The number of aliphatic hydroxyl groups is 1. The van der Waals surface area contributed by atoms with Gasteiger partial charge in [0.25, 0.3) is 0 Å². The number of aliphatic hydroxyl groups excluding tert-OH is 1. The fourth-order valence-electron chi connectivity index (χ4n) is 3.67. The summed E-state index contributed by atoms with van der Waals surface area (Å²) in [5.41, 5.74) is 7.13. The summed E-state index contributed by atoms with van der Waals surface area (Å²) >= 11 is 0. The van der Waals surface area contributed by atoms with Crippen LogP contribution in [-0.2, 0) is 22.1 Å². The summed E-state index contributed by atoms with van der Waals surface area (Å²) in [7, 11) is -4.71. The molecule has 9 nitrogen and oxygen atoms in total. The number of aryl methyl sites for hydroxylation is 1. The number of hydrogen-bond donors (Lipinski definition) is 4. The molecule has 0 aliphatic rings. The first kappa shape index (κ1) is 25.1. The lowest BCUT2D eigenvalue weighted by atomic mass is 9.93. The Labute approximate surface area is 201 Å². The van der Waals surface area contributed by atoms with Crippen LogP contribution in [0.3, 0.4) is 0 Å². The number of phosphoric ester groups is 1. The first-order valence-electron chi connectivity index (χ1n) is 10.9. The molecule has 0 spiro atoms. The van der Waals surface area contributed by atoms with Crippen LogP contribution in [0.15, 0.2) is 75.9 Å². The maximum absolute atomic E-state index is 13.1. The second-order valence-electron chi connectivity index (χ2n) is 8.48. The van der Waals surface area contributed by atoms with Crippen molar-refractivity contribution in [2.24, 2.45) is 5.73 Å². The van der Waals surface area contributed by atoms with Gasteiger partial charge in [0, 0.05) is 0 Å². The minimum absolute atomic E-state index is 0.184. The quantitative estimate of drug-likeness (QED) is 0.190. The third-order valence-corrected chi connectivity index (χ3v) is 6.17. The van der Waals surface area contributed by atoms with E-state index in [9.17, 15) is 14.5 Å². The third-order valence-electron chi connectivity index (χ3n) is 5.70. The van der Waals surface area contributed by atoms with Gasteiger partial charge in [-0.1, -0.05) is 36.4 Å². The zero-order valence-electron chi connectivity index (χ0n) is 18.8. The van der Waals surface area contributed by atoms with Crippen LogP contribution >= 0.6 is 7.82 Å². The van der Waals surface area contributed by atoms with Crippen LogP contribution in [0.5, 0.6) is 5.75 Å². The van der Waals surface area contributed by atoms with Gasteiger partial charge in [-0.15, -0.1) is 0 Å². The normalized spacial score (nSPS) is 13.7. The predicted molar refractivity (Wildman–Crippen MR) is 131 cm³/mol. The highest BCUT2D eigenvalue weighted by Crippen LogP contribution is 2.37. The largest absolute Gasteiger partial charge is 0.489 e. The highest BCUT2D eigenvalue weighted by Gasteiger charge is 2.28.